The highest BCUT2D eigenvalue weighted by Gasteiger charge is 2.26. The second kappa shape index (κ2) is 12.4. The molecule has 0 fully saturated rings. The standard InChI is InChI=1S/C23H32N2O5S/c1-4-29-20-11-13-21(14-12-20)31(27,28)25-22(17-19-9-6-5-7-10-19)23(26)24-15-8-16-30-18(2)3/h5-7,9-14,18,22,25H,4,8,15-17H2,1-3H3,(H,24,26)/t22-/m0/s1. The third-order valence-corrected chi connectivity index (χ3v) is 5.90. The Morgan fingerprint density at radius 2 is 1.71 bits per heavy atom. The molecule has 0 radical (unpaired) electrons. The SMILES string of the molecule is CCOc1ccc(S(=O)(=O)N[C@@H](Cc2ccccc2)C(=O)NCCCOC(C)C)cc1. The van der Waals surface area contributed by atoms with Crippen molar-refractivity contribution in [1.29, 1.82) is 0 Å². The molecule has 31 heavy (non-hydrogen) atoms. The van der Waals surface area contributed by atoms with Gasteiger partial charge in [-0.05, 0) is 63.4 Å². The van der Waals surface area contributed by atoms with Crippen LogP contribution < -0.4 is 14.8 Å². The monoisotopic (exact) mass is 448 g/mol. The lowest BCUT2D eigenvalue weighted by Gasteiger charge is -2.19. The largest absolute Gasteiger partial charge is 0.494 e. The van der Waals surface area contributed by atoms with Crippen LogP contribution in [0.5, 0.6) is 5.75 Å². The van der Waals surface area contributed by atoms with Gasteiger partial charge in [0.1, 0.15) is 11.8 Å². The molecule has 0 aliphatic carbocycles. The van der Waals surface area contributed by atoms with Crippen LogP contribution in [0.3, 0.4) is 0 Å². The normalized spacial score (nSPS) is 12.5. The summed E-state index contributed by atoms with van der Waals surface area (Å²) in [6.45, 7) is 7.18. The van der Waals surface area contributed by atoms with E-state index in [1.807, 2.05) is 51.1 Å². The summed E-state index contributed by atoms with van der Waals surface area (Å²) < 4.78 is 39.2. The molecule has 2 aromatic carbocycles. The molecule has 0 aliphatic heterocycles. The summed E-state index contributed by atoms with van der Waals surface area (Å²) in [5, 5.41) is 2.81. The molecular formula is C23H32N2O5S. The lowest BCUT2D eigenvalue weighted by molar-refractivity contribution is -0.122. The number of nitrogens with one attached hydrogen (secondary N) is 2. The van der Waals surface area contributed by atoms with Gasteiger partial charge in [-0.3, -0.25) is 4.79 Å². The van der Waals surface area contributed by atoms with Crippen molar-refractivity contribution < 1.29 is 22.7 Å². The molecule has 0 heterocycles. The van der Waals surface area contributed by atoms with Gasteiger partial charge in [-0.1, -0.05) is 30.3 Å². The van der Waals surface area contributed by atoms with Gasteiger partial charge in [0.15, 0.2) is 0 Å². The van der Waals surface area contributed by atoms with E-state index in [0.29, 0.717) is 31.9 Å². The van der Waals surface area contributed by atoms with Gasteiger partial charge in [0, 0.05) is 13.2 Å². The summed E-state index contributed by atoms with van der Waals surface area (Å²) >= 11 is 0. The van der Waals surface area contributed by atoms with Crippen molar-refractivity contribution in [3.63, 3.8) is 0 Å². The Morgan fingerprint density at radius 1 is 1.03 bits per heavy atom. The number of hydrogen-bond donors (Lipinski definition) is 2. The van der Waals surface area contributed by atoms with Crippen molar-refractivity contribution in [2.75, 3.05) is 19.8 Å². The van der Waals surface area contributed by atoms with Gasteiger partial charge < -0.3 is 14.8 Å². The molecule has 2 rings (SSSR count). The highest BCUT2D eigenvalue weighted by Crippen LogP contribution is 2.17. The molecule has 0 saturated heterocycles. The highest BCUT2D eigenvalue weighted by molar-refractivity contribution is 7.89. The first-order valence-corrected chi connectivity index (χ1v) is 12.0. The van der Waals surface area contributed by atoms with E-state index in [0.717, 1.165) is 5.56 Å². The molecular weight excluding hydrogens is 416 g/mol. The van der Waals surface area contributed by atoms with Gasteiger partial charge in [0.25, 0.3) is 0 Å². The third-order valence-electron chi connectivity index (χ3n) is 4.41. The van der Waals surface area contributed by atoms with Gasteiger partial charge >= 0.3 is 0 Å². The number of carbonyl (C=O) groups excluding carboxylic acids is 1. The molecule has 170 valence electrons. The van der Waals surface area contributed by atoms with E-state index in [4.69, 9.17) is 9.47 Å². The number of rotatable bonds is 13. The number of sulfonamides is 1. The van der Waals surface area contributed by atoms with Crippen LogP contribution in [0.15, 0.2) is 59.5 Å². The fraction of sp³-hybridized carbons (Fsp3) is 0.435. The van der Waals surface area contributed by atoms with Crippen LogP contribution in [0, 0.1) is 0 Å². The first-order valence-electron chi connectivity index (χ1n) is 10.5. The molecule has 0 aliphatic rings. The van der Waals surface area contributed by atoms with Crippen LogP contribution in [0.4, 0.5) is 0 Å². The maximum atomic E-state index is 12.9. The first kappa shape index (κ1) is 24.8. The minimum Gasteiger partial charge on any atom is -0.494 e. The molecule has 8 heteroatoms. The van der Waals surface area contributed by atoms with Crippen LogP contribution in [0.1, 0.15) is 32.8 Å². The Kier molecular flexibility index (Phi) is 9.97. The van der Waals surface area contributed by atoms with Gasteiger partial charge in [0.2, 0.25) is 15.9 Å². The van der Waals surface area contributed by atoms with Crippen molar-refractivity contribution in [3.05, 3.63) is 60.2 Å². The molecule has 0 unspecified atom stereocenters. The summed E-state index contributed by atoms with van der Waals surface area (Å²) in [7, 11) is -3.89. The number of ether oxygens (including phenoxy) is 2. The highest BCUT2D eigenvalue weighted by atomic mass is 32.2. The van der Waals surface area contributed by atoms with Crippen LogP contribution >= 0.6 is 0 Å². The average Bonchev–Trinajstić information content (AvgIpc) is 2.74. The zero-order valence-corrected chi connectivity index (χ0v) is 19.2. The van der Waals surface area contributed by atoms with Gasteiger partial charge in [-0.25, -0.2) is 8.42 Å². The Bertz CT molecular complexity index is 899. The average molecular weight is 449 g/mol. The number of hydrogen-bond acceptors (Lipinski definition) is 5. The van der Waals surface area contributed by atoms with Crippen molar-refractivity contribution in [2.45, 2.75) is 50.7 Å². The maximum absolute atomic E-state index is 12.9. The van der Waals surface area contributed by atoms with E-state index in [-0.39, 0.29) is 23.3 Å². The van der Waals surface area contributed by atoms with E-state index in [1.165, 1.54) is 12.1 Å². The first-order chi connectivity index (χ1) is 14.8. The fourth-order valence-corrected chi connectivity index (χ4v) is 4.10. The summed E-state index contributed by atoms with van der Waals surface area (Å²) in [4.78, 5) is 12.9. The summed E-state index contributed by atoms with van der Waals surface area (Å²) in [5.41, 5.74) is 0.861. The van der Waals surface area contributed by atoms with Gasteiger partial charge in [-0.15, -0.1) is 0 Å². The van der Waals surface area contributed by atoms with Crippen molar-refractivity contribution in [3.8, 4) is 5.75 Å². The maximum Gasteiger partial charge on any atom is 0.241 e. The molecule has 2 aromatic rings. The quantitative estimate of drug-likeness (QED) is 0.460. The van der Waals surface area contributed by atoms with E-state index in [9.17, 15) is 13.2 Å². The molecule has 0 saturated carbocycles. The Morgan fingerprint density at radius 3 is 2.32 bits per heavy atom. The summed E-state index contributed by atoms with van der Waals surface area (Å²) in [6, 6.07) is 14.5. The van der Waals surface area contributed by atoms with Gasteiger partial charge in [0.05, 0.1) is 17.6 Å². The van der Waals surface area contributed by atoms with Gasteiger partial charge in [-0.2, -0.15) is 4.72 Å². The van der Waals surface area contributed by atoms with Crippen LogP contribution in [-0.2, 0) is 26.0 Å². The van der Waals surface area contributed by atoms with Crippen LogP contribution in [-0.4, -0.2) is 46.2 Å². The number of benzene rings is 2. The topological polar surface area (TPSA) is 93.7 Å². The third kappa shape index (κ3) is 8.69. The molecule has 1 amide bonds. The van der Waals surface area contributed by atoms with Crippen molar-refractivity contribution in [2.24, 2.45) is 0 Å². The lowest BCUT2D eigenvalue weighted by Crippen LogP contribution is -2.48. The van der Waals surface area contributed by atoms with E-state index < -0.39 is 16.1 Å². The van der Waals surface area contributed by atoms with Crippen molar-refractivity contribution >= 4 is 15.9 Å². The smallest absolute Gasteiger partial charge is 0.241 e. The molecule has 0 spiro atoms. The zero-order chi connectivity index (χ0) is 22.7. The van der Waals surface area contributed by atoms with Crippen molar-refractivity contribution in [1.82, 2.24) is 10.0 Å². The predicted octanol–water partition coefficient (Wildman–Crippen LogP) is 2.91. The van der Waals surface area contributed by atoms with E-state index in [2.05, 4.69) is 10.0 Å². The zero-order valence-electron chi connectivity index (χ0n) is 18.3. The minimum absolute atomic E-state index is 0.0761. The Labute approximate surface area is 185 Å². The lowest BCUT2D eigenvalue weighted by atomic mass is 10.1. The van der Waals surface area contributed by atoms with Crippen LogP contribution in [0.25, 0.3) is 0 Å². The summed E-state index contributed by atoms with van der Waals surface area (Å²) in [5.74, 6) is 0.214. The Hall–Kier alpha value is -2.42. The number of amides is 1. The predicted molar refractivity (Wildman–Crippen MR) is 121 cm³/mol. The molecule has 2 N–H and O–H groups in total. The fourth-order valence-electron chi connectivity index (χ4n) is 2.90. The molecule has 1 atom stereocenters. The molecule has 0 bridgehead atoms. The molecule has 7 nitrogen and oxygen atoms in total. The van der Waals surface area contributed by atoms with Crippen LogP contribution in [0.2, 0.25) is 0 Å². The Balaban J connectivity index is 2.08. The van der Waals surface area contributed by atoms with E-state index >= 15 is 0 Å². The minimum atomic E-state index is -3.89. The number of carbonyl (C=O) groups is 1. The second-order valence-electron chi connectivity index (χ2n) is 7.33. The molecule has 0 aromatic heterocycles. The second-order valence-corrected chi connectivity index (χ2v) is 9.05. The van der Waals surface area contributed by atoms with E-state index in [1.54, 1.807) is 12.1 Å². The summed E-state index contributed by atoms with van der Waals surface area (Å²) in [6.07, 6.45) is 1.02.